The Hall–Kier alpha value is -3.09. The molecule has 0 atom stereocenters. The fourth-order valence-electron chi connectivity index (χ4n) is 3.31. The van der Waals surface area contributed by atoms with Crippen LogP contribution >= 0.6 is 0 Å². The van der Waals surface area contributed by atoms with E-state index < -0.39 is 5.97 Å². The lowest BCUT2D eigenvalue weighted by Gasteiger charge is -2.22. The summed E-state index contributed by atoms with van der Waals surface area (Å²) >= 11 is 0. The standard InChI is InChI=1S/C20H23N3O4/c24-20(25)15-6-5-11-22(14-15)10-4-2-1-3-7-17-12-16-13-18(23(26)27)8-9-19(16)21-17/h5-6,8-9,11-13,21H,1-4,7,10,14H2,(H,24,25). The molecular weight excluding hydrogens is 346 g/mol. The second-order valence-electron chi connectivity index (χ2n) is 6.80. The molecule has 1 aromatic carbocycles. The van der Waals surface area contributed by atoms with Gasteiger partial charge in [-0.3, -0.25) is 10.1 Å². The van der Waals surface area contributed by atoms with E-state index in [1.54, 1.807) is 24.3 Å². The van der Waals surface area contributed by atoms with Crippen LogP contribution in [-0.4, -0.2) is 39.0 Å². The first-order valence-electron chi connectivity index (χ1n) is 9.13. The zero-order valence-electron chi connectivity index (χ0n) is 15.1. The van der Waals surface area contributed by atoms with Crippen LogP contribution in [0.5, 0.6) is 0 Å². The third-order valence-corrected chi connectivity index (χ3v) is 4.75. The Morgan fingerprint density at radius 3 is 2.81 bits per heavy atom. The average Bonchev–Trinajstić information content (AvgIpc) is 3.06. The number of rotatable bonds is 9. The number of nitro groups is 1. The number of nitrogens with zero attached hydrogens (tertiary/aromatic N) is 2. The highest BCUT2D eigenvalue weighted by atomic mass is 16.6. The summed E-state index contributed by atoms with van der Waals surface area (Å²) < 4.78 is 0. The number of carboxylic acid groups (broad SMARTS) is 1. The van der Waals surface area contributed by atoms with Crippen molar-refractivity contribution in [2.24, 2.45) is 0 Å². The Labute approximate surface area is 157 Å². The second kappa shape index (κ2) is 8.53. The summed E-state index contributed by atoms with van der Waals surface area (Å²) in [6, 6.07) is 6.85. The summed E-state index contributed by atoms with van der Waals surface area (Å²) in [6.45, 7) is 1.32. The molecule has 1 aromatic heterocycles. The number of hydrogen-bond donors (Lipinski definition) is 2. The molecule has 0 saturated heterocycles. The molecule has 3 rings (SSSR count). The topological polar surface area (TPSA) is 99.5 Å². The molecule has 27 heavy (non-hydrogen) atoms. The van der Waals surface area contributed by atoms with Crippen molar-refractivity contribution in [1.82, 2.24) is 9.88 Å². The van der Waals surface area contributed by atoms with Gasteiger partial charge in [-0.2, -0.15) is 0 Å². The summed E-state index contributed by atoms with van der Waals surface area (Å²) in [7, 11) is 0. The molecule has 0 radical (unpaired) electrons. The van der Waals surface area contributed by atoms with Crippen LogP contribution in [0.25, 0.3) is 10.9 Å². The highest BCUT2D eigenvalue weighted by Crippen LogP contribution is 2.22. The molecule has 0 aliphatic carbocycles. The maximum absolute atomic E-state index is 11.0. The van der Waals surface area contributed by atoms with Crippen molar-refractivity contribution < 1.29 is 14.8 Å². The number of non-ortho nitro benzene ring substituents is 1. The van der Waals surface area contributed by atoms with Gasteiger partial charge in [-0.05, 0) is 49.7 Å². The molecule has 2 aromatic rings. The maximum Gasteiger partial charge on any atom is 0.333 e. The minimum atomic E-state index is -0.854. The van der Waals surface area contributed by atoms with E-state index in [1.807, 2.05) is 17.2 Å². The van der Waals surface area contributed by atoms with Crippen LogP contribution in [0.2, 0.25) is 0 Å². The predicted octanol–water partition coefficient (Wildman–Crippen LogP) is 4.02. The highest BCUT2D eigenvalue weighted by Gasteiger charge is 2.13. The van der Waals surface area contributed by atoms with Crippen LogP contribution in [0.1, 0.15) is 31.4 Å². The SMILES string of the molecule is O=C(O)C1=CC=CN(CCCCCCc2cc3cc([N+](=O)[O-])ccc3[nH]2)C1. The quantitative estimate of drug-likeness (QED) is 0.395. The monoisotopic (exact) mass is 369 g/mol. The average molecular weight is 369 g/mol. The summed E-state index contributed by atoms with van der Waals surface area (Å²) in [4.78, 5) is 26.8. The minimum absolute atomic E-state index is 0.112. The molecule has 1 aliphatic heterocycles. The third-order valence-electron chi connectivity index (χ3n) is 4.75. The molecule has 0 bridgehead atoms. The number of allylic oxidation sites excluding steroid dienone is 2. The van der Waals surface area contributed by atoms with Gasteiger partial charge in [0.2, 0.25) is 0 Å². The Balaban J connectivity index is 1.38. The van der Waals surface area contributed by atoms with Gasteiger partial charge in [0.25, 0.3) is 5.69 Å². The van der Waals surface area contributed by atoms with Crippen LogP contribution in [0.3, 0.4) is 0 Å². The van der Waals surface area contributed by atoms with E-state index >= 15 is 0 Å². The largest absolute Gasteiger partial charge is 0.478 e. The fraction of sp³-hybridized carbons (Fsp3) is 0.350. The summed E-state index contributed by atoms with van der Waals surface area (Å²) in [5.74, 6) is -0.854. The number of unbranched alkanes of at least 4 members (excludes halogenated alkanes) is 3. The number of nitro benzene ring substituents is 1. The van der Waals surface area contributed by atoms with E-state index in [-0.39, 0.29) is 10.6 Å². The number of carbonyl (C=O) groups is 1. The molecule has 0 amide bonds. The van der Waals surface area contributed by atoms with Crippen molar-refractivity contribution in [3.05, 3.63) is 64.0 Å². The molecule has 7 nitrogen and oxygen atoms in total. The Morgan fingerprint density at radius 1 is 1.22 bits per heavy atom. The lowest BCUT2D eigenvalue weighted by molar-refractivity contribution is -0.384. The van der Waals surface area contributed by atoms with Crippen LogP contribution in [0.15, 0.2) is 48.2 Å². The van der Waals surface area contributed by atoms with Crippen molar-refractivity contribution in [2.75, 3.05) is 13.1 Å². The van der Waals surface area contributed by atoms with Gasteiger partial charge in [-0.15, -0.1) is 0 Å². The molecule has 1 aliphatic rings. The number of aromatic amines is 1. The summed E-state index contributed by atoms with van der Waals surface area (Å²) in [5, 5.41) is 20.8. The van der Waals surface area contributed by atoms with E-state index in [2.05, 4.69) is 4.98 Å². The number of aryl methyl sites for hydroxylation is 1. The van der Waals surface area contributed by atoms with Crippen LogP contribution in [0.4, 0.5) is 5.69 Å². The number of hydrogen-bond acceptors (Lipinski definition) is 4. The first-order valence-corrected chi connectivity index (χ1v) is 9.13. The Bertz CT molecular complexity index is 898. The van der Waals surface area contributed by atoms with Gasteiger partial charge < -0.3 is 15.0 Å². The number of carboxylic acids is 1. The zero-order chi connectivity index (χ0) is 19.2. The number of aliphatic carboxylic acids is 1. The summed E-state index contributed by atoms with van der Waals surface area (Å²) in [5.41, 5.74) is 2.56. The van der Waals surface area contributed by atoms with Gasteiger partial charge in [0.05, 0.1) is 10.5 Å². The minimum Gasteiger partial charge on any atom is -0.478 e. The number of H-pyrrole nitrogens is 1. The van der Waals surface area contributed by atoms with Crippen molar-refractivity contribution in [2.45, 2.75) is 32.1 Å². The van der Waals surface area contributed by atoms with Crippen LogP contribution in [0, 0.1) is 10.1 Å². The lowest BCUT2D eigenvalue weighted by atomic mass is 10.1. The number of nitrogens with one attached hydrogen (secondary N) is 1. The van der Waals surface area contributed by atoms with Gasteiger partial charge in [-0.25, -0.2) is 4.79 Å². The Morgan fingerprint density at radius 2 is 2.04 bits per heavy atom. The van der Waals surface area contributed by atoms with E-state index in [1.165, 1.54) is 6.07 Å². The van der Waals surface area contributed by atoms with Gasteiger partial charge in [0, 0.05) is 41.8 Å². The molecule has 142 valence electrons. The predicted molar refractivity (Wildman–Crippen MR) is 104 cm³/mol. The molecule has 0 spiro atoms. The van der Waals surface area contributed by atoms with Gasteiger partial charge in [0.15, 0.2) is 0 Å². The molecule has 0 unspecified atom stereocenters. The molecular formula is C20H23N3O4. The van der Waals surface area contributed by atoms with Gasteiger partial charge in [0.1, 0.15) is 0 Å². The van der Waals surface area contributed by atoms with E-state index in [0.29, 0.717) is 12.1 Å². The number of benzene rings is 1. The highest BCUT2D eigenvalue weighted by molar-refractivity contribution is 5.87. The normalized spacial score (nSPS) is 13.8. The van der Waals surface area contributed by atoms with E-state index in [0.717, 1.165) is 55.2 Å². The van der Waals surface area contributed by atoms with Crippen LogP contribution in [-0.2, 0) is 11.2 Å². The molecule has 2 N–H and O–H groups in total. The van der Waals surface area contributed by atoms with Crippen molar-refractivity contribution in [3.8, 4) is 0 Å². The second-order valence-corrected chi connectivity index (χ2v) is 6.80. The van der Waals surface area contributed by atoms with Crippen molar-refractivity contribution in [3.63, 3.8) is 0 Å². The zero-order valence-corrected chi connectivity index (χ0v) is 15.1. The first kappa shape index (κ1) is 18.7. The third kappa shape index (κ3) is 4.97. The Kier molecular flexibility index (Phi) is 5.90. The fourth-order valence-corrected chi connectivity index (χ4v) is 3.31. The number of aromatic nitrogens is 1. The first-order chi connectivity index (χ1) is 13.0. The van der Waals surface area contributed by atoms with Gasteiger partial charge >= 0.3 is 5.97 Å². The van der Waals surface area contributed by atoms with Gasteiger partial charge in [-0.1, -0.05) is 12.8 Å². The van der Waals surface area contributed by atoms with Crippen molar-refractivity contribution in [1.29, 1.82) is 0 Å². The van der Waals surface area contributed by atoms with E-state index in [4.69, 9.17) is 5.11 Å². The van der Waals surface area contributed by atoms with Crippen molar-refractivity contribution >= 4 is 22.6 Å². The lowest BCUT2D eigenvalue weighted by Crippen LogP contribution is -2.26. The summed E-state index contributed by atoms with van der Waals surface area (Å²) in [6.07, 6.45) is 10.5. The molecule has 2 heterocycles. The maximum atomic E-state index is 11.0. The smallest absolute Gasteiger partial charge is 0.333 e. The van der Waals surface area contributed by atoms with Crippen LogP contribution < -0.4 is 0 Å². The van der Waals surface area contributed by atoms with E-state index in [9.17, 15) is 14.9 Å². The molecule has 0 fully saturated rings. The molecule has 0 saturated carbocycles. The molecule has 7 heteroatoms. The number of fused-ring (bicyclic) bond motifs is 1.